The molecule has 0 fully saturated rings. The van der Waals surface area contributed by atoms with Crippen molar-refractivity contribution in [1.29, 1.82) is 0 Å². The second-order valence-corrected chi connectivity index (χ2v) is 6.74. The van der Waals surface area contributed by atoms with Crippen LogP contribution in [-0.2, 0) is 4.79 Å². The number of amides is 3. The van der Waals surface area contributed by atoms with Crippen LogP contribution in [0.25, 0.3) is 6.08 Å². The highest BCUT2D eigenvalue weighted by Crippen LogP contribution is 2.29. The van der Waals surface area contributed by atoms with Crippen LogP contribution in [0.1, 0.15) is 26.5 Å². The van der Waals surface area contributed by atoms with E-state index in [2.05, 4.69) is 10.6 Å². The zero-order valence-corrected chi connectivity index (χ0v) is 16.3. The first-order valence-electron chi connectivity index (χ1n) is 8.94. The highest BCUT2D eigenvalue weighted by molar-refractivity contribution is 7.80. The van der Waals surface area contributed by atoms with Crippen molar-refractivity contribution in [3.05, 3.63) is 89.9 Å². The standard InChI is InChI=1S/C22H15N3O4S/c26-19(11-10-16-7-4-12-29-16)24-22(30)23-14-5-3-6-15(13-14)25-20(27)17-8-1-2-9-18(17)21(25)28/h1-13H,(H2,23,24,26,30)/b11-10+. The van der Waals surface area contributed by atoms with E-state index in [1.54, 1.807) is 60.7 Å². The molecule has 0 bridgehead atoms. The van der Waals surface area contributed by atoms with Crippen LogP contribution in [0.3, 0.4) is 0 Å². The van der Waals surface area contributed by atoms with E-state index < -0.39 is 5.91 Å². The number of nitrogens with one attached hydrogen (secondary N) is 2. The third kappa shape index (κ3) is 3.89. The Labute approximate surface area is 177 Å². The molecule has 0 unspecified atom stereocenters. The Balaban J connectivity index is 1.44. The molecule has 1 aliphatic heterocycles. The summed E-state index contributed by atoms with van der Waals surface area (Å²) in [5.74, 6) is -0.656. The second kappa shape index (κ2) is 8.14. The molecule has 3 amide bonds. The van der Waals surface area contributed by atoms with Gasteiger partial charge >= 0.3 is 0 Å². The van der Waals surface area contributed by atoms with E-state index in [0.717, 1.165) is 4.90 Å². The van der Waals surface area contributed by atoms with E-state index in [1.165, 1.54) is 18.4 Å². The summed E-state index contributed by atoms with van der Waals surface area (Å²) < 4.78 is 5.11. The van der Waals surface area contributed by atoms with Crippen molar-refractivity contribution in [3.8, 4) is 0 Å². The topological polar surface area (TPSA) is 91.7 Å². The van der Waals surface area contributed by atoms with Crippen molar-refractivity contribution < 1.29 is 18.8 Å². The van der Waals surface area contributed by atoms with Gasteiger partial charge in [0.05, 0.1) is 23.1 Å². The summed E-state index contributed by atoms with van der Waals surface area (Å²) in [6, 6.07) is 16.8. The molecule has 3 aromatic rings. The fourth-order valence-electron chi connectivity index (χ4n) is 3.01. The van der Waals surface area contributed by atoms with Crippen LogP contribution >= 0.6 is 12.2 Å². The van der Waals surface area contributed by atoms with Crippen molar-refractivity contribution in [1.82, 2.24) is 5.32 Å². The Morgan fingerprint density at radius 1 is 0.967 bits per heavy atom. The number of thiocarbonyl (C=S) groups is 1. The van der Waals surface area contributed by atoms with Gasteiger partial charge in [0.15, 0.2) is 5.11 Å². The molecule has 7 nitrogen and oxygen atoms in total. The van der Waals surface area contributed by atoms with Gasteiger partial charge in [-0.05, 0) is 60.8 Å². The number of nitrogens with zero attached hydrogens (tertiary/aromatic N) is 1. The van der Waals surface area contributed by atoms with Gasteiger partial charge in [0.2, 0.25) is 5.91 Å². The van der Waals surface area contributed by atoms with Crippen molar-refractivity contribution in [2.24, 2.45) is 0 Å². The third-order valence-electron chi connectivity index (χ3n) is 4.34. The fourth-order valence-corrected chi connectivity index (χ4v) is 3.22. The first-order valence-corrected chi connectivity index (χ1v) is 9.35. The molecule has 2 N–H and O–H groups in total. The Morgan fingerprint density at radius 2 is 1.70 bits per heavy atom. The highest BCUT2D eigenvalue weighted by atomic mass is 32.1. The highest BCUT2D eigenvalue weighted by Gasteiger charge is 2.36. The largest absolute Gasteiger partial charge is 0.465 e. The van der Waals surface area contributed by atoms with E-state index in [1.807, 2.05) is 0 Å². The summed E-state index contributed by atoms with van der Waals surface area (Å²) >= 11 is 5.16. The maximum Gasteiger partial charge on any atom is 0.266 e. The van der Waals surface area contributed by atoms with Crippen molar-refractivity contribution in [2.75, 3.05) is 10.2 Å². The van der Waals surface area contributed by atoms with Crippen LogP contribution in [0.15, 0.2) is 77.4 Å². The minimum absolute atomic E-state index is 0.0728. The van der Waals surface area contributed by atoms with E-state index in [9.17, 15) is 14.4 Å². The summed E-state index contributed by atoms with van der Waals surface area (Å²) in [6.07, 6.45) is 4.31. The average Bonchev–Trinajstić information content (AvgIpc) is 3.34. The summed E-state index contributed by atoms with van der Waals surface area (Å²) in [4.78, 5) is 38.4. The van der Waals surface area contributed by atoms with E-state index in [4.69, 9.17) is 16.6 Å². The van der Waals surface area contributed by atoms with Crippen molar-refractivity contribution in [2.45, 2.75) is 0 Å². The molecule has 4 rings (SSSR count). The Morgan fingerprint density at radius 3 is 2.37 bits per heavy atom. The van der Waals surface area contributed by atoms with Crippen LogP contribution in [-0.4, -0.2) is 22.8 Å². The number of carbonyl (C=O) groups excluding carboxylic acids is 3. The molecule has 2 heterocycles. The van der Waals surface area contributed by atoms with Crippen LogP contribution in [0.5, 0.6) is 0 Å². The van der Waals surface area contributed by atoms with Gasteiger partial charge in [-0.15, -0.1) is 0 Å². The lowest BCUT2D eigenvalue weighted by Gasteiger charge is -2.16. The van der Waals surface area contributed by atoms with Gasteiger partial charge < -0.3 is 9.73 Å². The van der Waals surface area contributed by atoms with E-state index in [0.29, 0.717) is 28.3 Å². The van der Waals surface area contributed by atoms with E-state index in [-0.39, 0.29) is 16.9 Å². The van der Waals surface area contributed by atoms with Gasteiger partial charge in [-0.2, -0.15) is 0 Å². The number of imide groups is 1. The molecule has 30 heavy (non-hydrogen) atoms. The lowest BCUT2D eigenvalue weighted by atomic mass is 10.1. The summed E-state index contributed by atoms with van der Waals surface area (Å²) in [7, 11) is 0. The number of anilines is 2. The first-order chi connectivity index (χ1) is 14.5. The third-order valence-corrected chi connectivity index (χ3v) is 4.54. The molecular formula is C22H15N3O4S. The molecule has 1 aromatic heterocycles. The molecule has 2 aromatic carbocycles. The molecule has 0 radical (unpaired) electrons. The Hall–Kier alpha value is -4.04. The number of carbonyl (C=O) groups is 3. The second-order valence-electron chi connectivity index (χ2n) is 6.33. The van der Waals surface area contributed by atoms with Gasteiger partial charge in [-0.3, -0.25) is 19.7 Å². The Kier molecular flexibility index (Phi) is 5.23. The molecule has 8 heteroatoms. The molecule has 0 saturated heterocycles. The normalized spacial score (nSPS) is 12.9. The number of hydrogen-bond donors (Lipinski definition) is 2. The van der Waals surface area contributed by atoms with E-state index >= 15 is 0 Å². The zero-order chi connectivity index (χ0) is 21.1. The van der Waals surface area contributed by atoms with Crippen LogP contribution in [0, 0.1) is 0 Å². The predicted molar refractivity (Wildman–Crippen MR) is 116 cm³/mol. The fraction of sp³-hybridized carbons (Fsp3) is 0. The average molecular weight is 417 g/mol. The number of furan rings is 1. The molecule has 0 aliphatic carbocycles. The molecule has 0 saturated carbocycles. The molecular weight excluding hydrogens is 402 g/mol. The lowest BCUT2D eigenvalue weighted by Crippen LogP contribution is -2.33. The number of rotatable bonds is 4. The molecule has 148 valence electrons. The molecule has 0 atom stereocenters. The SMILES string of the molecule is O=C(/C=C/c1ccco1)NC(=S)Nc1cccc(N2C(=O)c3ccccc3C2=O)c1. The maximum atomic E-state index is 12.6. The summed E-state index contributed by atoms with van der Waals surface area (Å²) in [5, 5.41) is 5.46. The predicted octanol–water partition coefficient (Wildman–Crippen LogP) is 3.61. The van der Waals surface area contributed by atoms with Crippen molar-refractivity contribution in [3.63, 3.8) is 0 Å². The number of benzene rings is 2. The zero-order valence-electron chi connectivity index (χ0n) is 15.5. The van der Waals surface area contributed by atoms with Crippen LogP contribution in [0.4, 0.5) is 11.4 Å². The smallest absolute Gasteiger partial charge is 0.266 e. The van der Waals surface area contributed by atoms with Gasteiger partial charge in [-0.1, -0.05) is 18.2 Å². The number of fused-ring (bicyclic) bond motifs is 1. The summed E-state index contributed by atoms with van der Waals surface area (Å²) in [6.45, 7) is 0. The molecule has 1 aliphatic rings. The van der Waals surface area contributed by atoms with Crippen molar-refractivity contribution >= 4 is 52.5 Å². The minimum atomic E-state index is -0.430. The summed E-state index contributed by atoms with van der Waals surface area (Å²) in [5.41, 5.74) is 1.65. The minimum Gasteiger partial charge on any atom is -0.465 e. The molecule has 0 spiro atoms. The number of hydrogen-bond acceptors (Lipinski definition) is 5. The lowest BCUT2D eigenvalue weighted by molar-refractivity contribution is -0.115. The van der Waals surface area contributed by atoms with Gasteiger partial charge in [-0.25, -0.2) is 4.90 Å². The maximum absolute atomic E-state index is 12.6. The van der Waals surface area contributed by atoms with Crippen LogP contribution in [0.2, 0.25) is 0 Å². The Bertz CT molecular complexity index is 1150. The first kappa shape index (κ1) is 19.3. The van der Waals surface area contributed by atoms with Crippen LogP contribution < -0.4 is 15.5 Å². The van der Waals surface area contributed by atoms with Gasteiger partial charge in [0.1, 0.15) is 5.76 Å². The van der Waals surface area contributed by atoms with Gasteiger partial charge in [0.25, 0.3) is 11.8 Å². The monoisotopic (exact) mass is 417 g/mol. The quantitative estimate of drug-likeness (QED) is 0.383. The van der Waals surface area contributed by atoms with Gasteiger partial charge in [0, 0.05) is 11.8 Å².